The Balaban J connectivity index is 1.29. The predicted octanol–water partition coefficient (Wildman–Crippen LogP) is 0.483. The molecule has 1 aliphatic heterocycles. The number of aryl methyl sites for hydroxylation is 1. The van der Waals surface area contributed by atoms with Crippen molar-refractivity contribution in [1.29, 1.82) is 0 Å². The van der Waals surface area contributed by atoms with Gasteiger partial charge in [0.15, 0.2) is 11.5 Å². The van der Waals surface area contributed by atoms with Gasteiger partial charge in [0.1, 0.15) is 23.7 Å². The molecule has 1 aliphatic rings. The molecule has 0 atom stereocenters. The van der Waals surface area contributed by atoms with Crippen LogP contribution in [0.4, 0.5) is 5.82 Å². The molecular formula is C16H17N7O2. The van der Waals surface area contributed by atoms with Crippen LogP contribution in [-0.4, -0.2) is 54.5 Å². The van der Waals surface area contributed by atoms with Crippen LogP contribution in [0.2, 0.25) is 0 Å². The number of carbonyl (C=O) groups is 1. The number of imidazole rings is 1. The fourth-order valence-corrected chi connectivity index (χ4v) is 2.76. The number of amides is 1. The number of likely N-dealkylation sites (tertiary alicyclic amines) is 1. The van der Waals surface area contributed by atoms with Gasteiger partial charge in [-0.05, 0) is 12.1 Å². The fraction of sp³-hybridized carbons (Fsp3) is 0.312. The van der Waals surface area contributed by atoms with Gasteiger partial charge in [0.25, 0.3) is 0 Å². The summed E-state index contributed by atoms with van der Waals surface area (Å²) in [6, 6.07) is 3.62. The number of ether oxygens (including phenoxy) is 1. The molecule has 9 nitrogen and oxygen atoms in total. The first kappa shape index (κ1) is 15.3. The molecule has 0 aromatic carbocycles. The van der Waals surface area contributed by atoms with Crippen LogP contribution in [0.25, 0.3) is 11.2 Å². The highest BCUT2D eigenvalue weighted by Crippen LogP contribution is 2.19. The van der Waals surface area contributed by atoms with Crippen molar-refractivity contribution in [3.63, 3.8) is 0 Å². The van der Waals surface area contributed by atoms with E-state index >= 15 is 0 Å². The summed E-state index contributed by atoms with van der Waals surface area (Å²) >= 11 is 0. The first-order valence-electron chi connectivity index (χ1n) is 7.96. The molecule has 0 aliphatic carbocycles. The topological polar surface area (TPSA) is 112 Å². The molecular weight excluding hydrogens is 322 g/mol. The van der Waals surface area contributed by atoms with Crippen molar-refractivity contribution in [3.8, 4) is 5.75 Å². The number of aromatic nitrogens is 5. The van der Waals surface area contributed by atoms with E-state index in [4.69, 9.17) is 10.5 Å². The van der Waals surface area contributed by atoms with Crippen molar-refractivity contribution in [2.75, 3.05) is 18.8 Å². The molecule has 0 unspecified atom stereocenters. The van der Waals surface area contributed by atoms with Gasteiger partial charge in [0.05, 0.1) is 19.4 Å². The van der Waals surface area contributed by atoms with Crippen molar-refractivity contribution in [3.05, 3.63) is 37.2 Å². The second-order valence-electron chi connectivity index (χ2n) is 5.84. The number of nitrogens with zero attached hydrogens (tertiary/aromatic N) is 6. The van der Waals surface area contributed by atoms with E-state index in [1.165, 1.54) is 6.33 Å². The van der Waals surface area contributed by atoms with Gasteiger partial charge >= 0.3 is 0 Å². The quantitative estimate of drug-likeness (QED) is 0.719. The average Bonchev–Trinajstić information content (AvgIpc) is 3.01. The van der Waals surface area contributed by atoms with Crippen molar-refractivity contribution in [1.82, 2.24) is 29.4 Å². The monoisotopic (exact) mass is 339 g/mol. The highest BCUT2D eigenvalue weighted by molar-refractivity contribution is 5.81. The minimum absolute atomic E-state index is 0.0352. The molecule has 4 heterocycles. The molecule has 1 fully saturated rings. The van der Waals surface area contributed by atoms with Crippen LogP contribution in [-0.2, 0) is 11.3 Å². The van der Waals surface area contributed by atoms with Gasteiger partial charge in [-0.1, -0.05) is 0 Å². The van der Waals surface area contributed by atoms with E-state index in [0.717, 1.165) is 5.75 Å². The largest absolute Gasteiger partial charge is 0.487 e. The van der Waals surface area contributed by atoms with Crippen LogP contribution in [0.15, 0.2) is 37.2 Å². The van der Waals surface area contributed by atoms with Gasteiger partial charge in [0.2, 0.25) is 5.91 Å². The maximum Gasteiger partial charge on any atom is 0.224 e. The van der Waals surface area contributed by atoms with Crippen molar-refractivity contribution in [2.45, 2.75) is 19.1 Å². The summed E-state index contributed by atoms with van der Waals surface area (Å²) in [6.07, 6.45) is 6.80. The van der Waals surface area contributed by atoms with Gasteiger partial charge < -0.3 is 19.9 Å². The number of anilines is 1. The van der Waals surface area contributed by atoms with Gasteiger partial charge in [-0.2, -0.15) is 0 Å². The summed E-state index contributed by atoms with van der Waals surface area (Å²) in [6.45, 7) is 1.69. The van der Waals surface area contributed by atoms with Crippen LogP contribution < -0.4 is 10.5 Å². The number of nitrogen functional groups attached to an aromatic ring is 1. The molecule has 1 amide bonds. The Labute approximate surface area is 143 Å². The number of fused-ring (bicyclic) bond motifs is 1. The third kappa shape index (κ3) is 3.08. The van der Waals surface area contributed by atoms with Crippen LogP contribution in [0.3, 0.4) is 0 Å². The smallest absolute Gasteiger partial charge is 0.224 e. The molecule has 0 spiro atoms. The Morgan fingerprint density at radius 3 is 2.84 bits per heavy atom. The minimum atomic E-state index is 0.0352. The van der Waals surface area contributed by atoms with E-state index in [-0.39, 0.29) is 12.0 Å². The third-order valence-corrected chi connectivity index (χ3v) is 4.15. The summed E-state index contributed by atoms with van der Waals surface area (Å²) < 4.78 is 7.59. The SMILES string of the molecule is Nc1ncnc2c1ncn2CCC(=O)N1CC(Oc2ccncc2)C1. The van der Waals surface area contributed by atoms with Crippen LogP contribution in [0.5, 0.6) is 5.75 Å². The van der Waals surface area contributed by atoms with Crippen LogP contribution in [0, 0.1) is 0 Å². The molecule has 3 aromatic rings. The highest BCUT2D eigenvalue weighted by Gasteiger charge is 2.31. The van der Waals surface area contributed by atoms with Gasteiger partial charge in [0, 0.05) is 25.4 Å². The normalized spacial score (nSPS) is 14.5. The number of hydrogen-bond donors (Lipinski definition) is 1. The van der Waals surface area contributed by atoms with Crippen LogP contribution in [0.1, 0.15) is 6.42 Å². The Kier molecular flexibility index (Phi) is 3.88. The van der Waals surface area contributed by atoms with E-state index in [2.05, 4.69) is 19.9 Å². The molecule has 2 N–H and O–H groups in total. The summed E-state index contributed by atoms with van der Waals surface area (Å²) in [4.78, 5) is 30.3. The van der Waals surface area contributed by atoms with Gasteiger partial charge in [-0.25, -0.2) is 15.0 Å². The van der Waals surface area contributed by atoms with Gasteiger partial charge in [-0.15, -0.1) is 0 Å². The zero-order chi connectivity index (χ0) is 17.2. The van der Waals surface area contributed by atoms with Gasteiger partial charge in [-0.3, -0.25) is 9.78 Å². The lowest BCUT2D eigenvalue weighted by atomic mass is 10.1. The Bertz CT molecular complexity index is 890. The number of rotatable bonds is 5. The molecule has 4 rings (SSSR count). The Morgan fingerprint density at radius 1 is 1.24 bits per heavy atom. The summed E-state index contributed by atoms with van der Waals surface area (Å²) in [5.74, 6) is 1.20. The first-order valence-corrected chi connectivity index (χ1v) is 7.96. The first-order chi connectivity index (χ1) is 12.2. The summed E-state index contributed by atoms with van der Waals surface area (Å²) in [7, 11) is 0. The van der Waals surface area contributed by atoms with E-state index in [1.54, 1.807) is 23.6 Å². The average molecular weight is 339 g/mol. The third-order valence-electron chi connectivity index (χ3n) is 4.15. The van der Waals surface area contributed by atoms with Crippen molar-refractivity contribution < 1.29 is 9.53 Å². The Hall–Kier alpha value is -3.23. The van der Waals surface area contributed by atoms with E-state index < -0.39 is 0 Å². The number of hydrogen-bond acceptors (Lipinski definition) is 7. The van der Waals surface area contributed by atoms with Crippen LogP contribution >= 0.6 is 0 Å². The lowest BCUT2D eigenvalue weighted by molar-refractivity contribution is -0.140. The lowest BCUT2D eigenvalue weighted by Crippen LogP contribution is -2.56. The molecule has 0 saturated carbocycles. The predicted molar refractivity (Wildman–Crippen MR) is 89.6 cm³/mol. The van der Waals surface area contributed by atoms with E-state index in [1.807, 2.05) is 16.7 Å². The number of carbonyl (C=O) groups excluding carboxylic acids is 1. The van der Waals surface area contributed by atoms with E-state index in [9.17, 15) is 4.79 Å². The molecule has 0 bridgehead atoms. The molecule has 3 aromatic heterocycles. The summed E-state index contributed by atoms with van der Waals surface area (Å²) in [5, 5.41) is 0. The molecule has 0 radical (unpaired) electrons. The van der Waals surface area contributed by atoms with Crippen molar-refractivity contribution in [2.24, 2.45) is 0 Å². The molecule has 9 heteroatoms. The minimum Gasteiger partial charge on any atom is -0.487 e. The maximum absolute atomic E-state index is 12.3. The molecule has 1 saturated heterocycles. The van der Waals surface area contributed by atoms with Crippen molar-refractivity contribution >= 4 is 22.9 Å². The second kappa shape index (κ2) is 6.34. The molecule has 25 heavy (non-hydrogen) atoms. The number of pyridine rings is 1. The zero-order valence-electron chi connectivity index (χ0n) is 13.4. The Morgan fingerprint density at radius 2 is 2.04 bits per heavy atom. The highest BCUT2D eigenvalue weighted by atomic mass is 16.5. The van der Waals surface area contributed by atoms with E-state index in [0.29, 0.717) is 43.0 Å². The standard InChI is InChI=1S/C16H17N7O2/c17-15-14-16(20-9-19-15)22(10-21-14)6-3-13(24)23-7-12(8-23)25-11-1-4-18-5-2-11/h1-2,4-5,9-10,12H,3,6-8H2,(H2,17,19,20). The maximum atomic E-state index is 12.3. The zero-order valence-corrected chi connectivity index (χ0v) is 13.4. The number of nitrogens with two attached hydrogens (primary N) is 1. The fourth-order valence-electron chi connectivity index (χ4n) is 2.76. The second-order valence-corrected chi connectivity index (χ2v) is 5.84. The lowest BCUT2D eigenvalue weighted by Gasteiger charge is -2.39. The summed E-state index contributed by atoms with van der Waals surface area (Å²) in [5.41, 5.74) is 6.96. The molecule has 128 valence electrons.